The van der Waals surface area contributed by atoms with Gasteiger partial charge in [0.25, 0.3) is 0 Å². The van der Waals surface area contributed by atoms with Crippen molar-refractivity contribution >= 4 is 37.4 Å². The van der Waals surface area contributed by atoms with Crippen molar-refractivity contribution in [2.45, 2.75) is 26.3 Å². The Kier molecular flexibility index (Phi) is 5.82. The monoisotopic (exact) mass is 341 g/mol. The Morgan fingerprint density at radius 2 is 2.16 bits per heavy atom. The molecule has 104 valence electrons. The predicted octanol–water partition coefficient (Wildman–Crippen LogP) is 4.22. The smallest absolute Gasteiger partial charge is 0.0591 e. The lowest BCUT2D eigenvalue weighted by molar-refractivity contribution is 0.138. The first kappa shape index (κ1) is 15.0. The van der Waals surface area contributed by atoms with Crippen molar-refractivity contribution in [1.29, 1.82) is 0 Å². The fourth-order valence-corrected chi connectivity index (χ4v) is 3.63. The molecule has 19 heavy (non-hydrogen) atoms. The van der Waals surface area contributed by atoms with Crippen LogP contribution in [0, 0.1) is 0 Å². The minimum Gasteiger partial charge on any atom is -0.380 e. The average Bonchev–Trinajstić information content (AvgIpc) is 2.78. The largest absolute Gasteiger partial charge is 0.380 e. The number of hydrogen-bond donors (Lipinski definition) is 1. The highest BCUT2D eigenvalue weighted by Gasteiger charge is 2.06. The van der Waals surface area contributed by atoms with E-state index in [-0.39, 0.29) is 0 Å². The number of fused-ring (bicyclic) bond motifs is 1. The van der Waals surface area contributed by atoms with Gasteiger partial charge in [0.05, 0.1) is 13.2 Å². The number of halogens is 1. The van der Waals surface area contributed by atoms with Crippen molar-refractivity contribution in [2.75, 3.05) is 19.8 Å². The normalized spacial score (nSPS) is 11.6. The standard InChI is InChI=1S/C15H20BrNOS/c1-11(2)17-7-9-18-8-6-12-10-19-15-13(12)4-3-5-14(15)16/h3-5,10-11,17H,6-9H2,1-2H3. The lowest BCUT2D eigenvalue weighted by Crippen LogP contribution is -2.26. The number of hydrogen-bond acceptors (Lipinski definition) is 3. The zero-order chi connectivity index (χ0) is 13.7. The van der Waals surface area contributed by atoms with Crippen LogP contribution in [0.25, 0.3) is 10.1 Å². The lowest BCUT2D eigenvalue weighted by atomic mass is 10.1. The van der Waals surface area contributed by atoms with Gasteiger partial charge in [-0.3, -0.25) is 0 Å². The molecule has 2 nitrogen and oxygen atoms in total. The SMILES string of the molecule is CC(C)NCCOCCc1csc2c(Br)cccc12. The molecule has 1 aromatic carbocycles. The summed E-state index contributed by atoms with van der Waals surface area (Å²) in [5, 5.41) is 6.94. The van der Waals surface area contributed by atoms with Crippen molar-refractivity contribution in [3.63, 3.8) is 0 Å². The van der Waals surface area contributed by atoms with Gasteiger partial charge in [-0.15, -0.1) is 11.3 Å². The molecule has 2 rings (SSSR count). The van der Waals surface area contributed by atoms with Crippen LogP contribution in [-0.4, -0.2) is 25.8 Å². The molecule has 1 heterocycles. The molecule has 0 fully saturated rings. The van der Waals surface area contributed by atoms with E-state index in [0.717, 1.165) is 26.2 Å². The van der Waals surface area contributed by atoms with Gasteiger partial charge in [0.1, 0.15) is 0 Å². The molecule has 0 bridgehead atoms. The van der Waals surface area contributed by atoms with E-state index in [0.29, 0.717) is 6.04 Å². The van der Waals surface area contributed by atoms with Crippen molar-refractivity contribution in [3.8, 4) is 0 Å². The van der Waals surface area contributed by atoms with E-state index in [1.807, 2.05) is 0 Å². The molecule has 2 aromatic rings. The Balaban J connectivity index is 1.81. The van der Waals surface area contributed by atoms with Gasteiger partial charge in [0.15, 0.2) is 0 Å². The van der Waals surface area contributed by atoms with E-state index in [2.05, 4.69) is 58.7 Å². The van der Waals surface area contributed by atoms with E-state index in [1.165, 1.54) is 20.1 Å². The van der Waals surface area contributed by atoms with Gasteiger partial charge < -0.3 is 10.1 Å². The van der Waals surface area contributed by atoms with E-state index >= 15 is 0 Å². The molecule has 1 aromatic heterocycles. The minimum atomic E-state index is 0.529. The molecule has 0 aliphatic rings. The van der Waals surface area contributed by atoms with Gasteiger partial charge in [-0.1, -0.05) is 26.0 Å². The van der Waals surface area contributed by atoms with Crippen LogP contribution in [0.1, 0.15) is 19.4 Å². The number of nitrogens with one attached hydrogen (secondary N) is 1. The molecule has 4 heteroatoms. The maximum absolute atomic E-state index is 5.67. The third kappa shape index (κ3) is 4.28. The number of ether oxygens (including phenoxy) is 1. The summed E-state index contributed by atoms with van der Waals surface area (Å²) in [5.41, 5.74) is 1.39. The van der Waals surface area contributed by atoms with E-state index in [9.17, 15) is 0 Å². The fourth-order valence-electron chi connectivity index (χ4n) is 1.97. The summed E-state index contributed by atoms with van der Waals surface area (Å²) >= 11 is 5.39. The molecule has 0 saturated heterocycles. The minimum absolute atomic E-state index is 0.529. The highest BCUT2D eigenvalue weighted by Crippen LogP contribution is 2.32. The quantitative estimate of drug-likeness (QED) is 0.761. The van der Waals surface area contributed by atoms with Crippen molar-refractivity contribution in [3.05, 3.63) is 33.6 Å². The fraction of sp³-hybridized carbons (Fsp3) is 0.467. The van der Waals surface area contributed by atoms with Gasteiger partial charge in [-0.25, -0.2) is 0 Å². The highest BCUT2D eigenvalue weighted by molar-refractivity contribution is 9.10. The molecule has 0 amide bonds. The van der Waals surface area contributed by atoms with Crippen molar-refractivity contribution < 1.29 is 4.74 Å². The molecule has 0 unspecified atom stereocenters. The van der Waals surface area contributed by atoms with Crippen LogP contribution in [0.15, 0.2) is 28.1 Å². The first-order valence-electron chi connectivity index (χ1n) is 6.64. The Labute approximate surface area is 127 Å². The average molecular weight is 342 g/mol. The Bertz CT molecular complexity index is 524. The lowest BCUT2D eigenvalue weighted by Gasteiger charge is -2.08. The molecule has 0 saturated carbocycles. The van der Waals surface area contributed by atoms with Gasteiger partial charge in [0.2, 0.25) is 0 Å². The van der Waals surface area contributed by atoms with Crippen molar-refractivity contribution in [1.82, 2.24) is 5.32 Å². The van der Waals surface area contributed by atoms with Crippen LogP contribution in [0.5, 0.6) is 0 Å². The maximum Gasteiger partial charge on any atom is 0.0591 e. The predicted molar refractivity (Wildman–Crippen MR) is 87.2 cm³/mol. The molecule has 1 N–H and O–H groups in total. The third-order valence-corrected chi connectivity index (χ3v) is 4.95. The second-order valence-corrected chi connectivity index (χ2v) is 6.58. The van der Waals surface area contributed by atoms with Gasteiger partial charge in [0, 0.05) is 21.8 Å². The summed E-state index contributed by atoms with van der Waals surface area (Å²) in [6, 6.07) is 6.90. The second kappa shape index (κ2) is 7.39. The van der Waals surface area contributed by atoms with E-state index in [4.69, 9.17) is 4.74 Å². The summed E-state index contributed by atoms with van der Waals surface area (Å²) in [6.07, 6.45) is 0.984. The molecule has 0 aliphatic heterocycles. The number of benzene rings is 1. The molecular weight excluding hydrogens is 322 g/mol. The third-order valence-electron chi connectivity index (χ3n) is 2.95. The first-order chi connectivity index (χ1) is 9.18. The molecule has 0 radical (unpaired) electrons. The summed E-state index contributed by atoms with van der Waals surface area (Å²) in [6.45, 7) is 6.79. The first-order valence-corrected chi connectivity index (χ1v) is 8.31. The topological polar surface area (TPSA) is 21.3 Å². The van der Waals surface area contributed by atoms with E-state index < -0.39 is 0 Å². The molecular formula is C15H20BrNOS. The zero-order valence-corrected chi connectivity index (χ0v) is 13.8. The summed E-state index contributed by atoms with van der Waals surface area (Å²) in [4.78, 5) is 0. The molecule has 0 spiro atoms. The Morgan fingerprint density at radius 1 is 1.32 bits per heavy atom. The summed E-state index contributed by atoms with van der Waals surface area (Å²) in [5.74, 6) is 0. The van der Waals surface area contributed by atoms with Gasteiger partial charge in [-0.2, -0.15) is 0 Å². The Morgan fingerprint density at radius 3 is 2.95 bits per heavy atom. The Hall–Kier alpha value is -0.420. The van der Waals surface area contributed by atoms with Crippen LogP contribution in [0.3, 0.4) is 0 Å². The summed E-state index contributed by atoms with van der Waals surface area (Å²) in [7, 11) is 0. The molecule has 0 aliphatic carbocycles. The zero-order valence-electron chi connectivity index (χ0n) is 11.4. The molecule has 0 atom stereocenters. The van der Waals surface area contributed by atoms with Gasteiger partial charge in [-0.05, 0) is 44.7 Å². The van der Waals surface area contributed by atoms with Crippen LogP contribution < -0.4 is 5.32 Å². The van der Waals surface area contributed by atoms with Crippen LogP contribution in [0.2, 0.25) is 0 Å². The summed E-state index contributed by atoms with van der Waals surface area (Å²) < 4.78 is 8.18. The van der Waals surface area contributed by atoms with Crippen LogP contribution in [-0.2, 0) is 11.2 Å². The van der Waals surface area contributed by atoms with Gasteiger partial charge >= 0.3 is 0 Å². The second-order valence-electron chi connectivity index (χ2n) is 4.85. The van der Waals surface area contributed by atoms with E-state index in [1.54, 1.807) is 11.3 Å². The number of thiophene rings is 1. The van der Waals surface area contributed by atoms with Crippen molar-refractivity contribution in [2.24, 2.45) is 0 Å². The van der Waals surface area contributed by atoms with Crippen LogP contribution in [0.4, 0.5) is 0 Å². The number of rotatable bonds is 7. The van der Waals surface area contributed by atoms with Crippen LogP contribution >= 0.6 is 27.3 Å². The highest BCUT2D eigenvalue weighted by atomic mass is 79.9. The maximum atomic E-state index is 5.67.